The van der Waals surface area contributed by atoms with E-state index >= 15 is 0 Å². The van der Waals surface area contributed by atoms with Gasteiger partial charge in [0, 0.05) is 57.4 Å². The van der Waals surface area contributed by atoms with Gasteiger partial charge in [0.2, 0.25) is 6.79 Å². The van der Waals surface area contributed by atoms with Crippen LogP contribution < -0.4 is 20.1 Å². The van der Waals surface area contributed by atoms with Crippen LogP contribution in [0.4, 0.5) is 0 Å². The number of hydrogen-bond acceptors (Lipinski definition) is 5. The van der Waals surface area contributed by atoms with Crippen molar-refractivity contribution in [3.05, 3.63) is 23.8 Å². The Morgan fingerprint density at radius 1 is 1.06 bits per heavy atom. The zero-order valence-corrected chi connectivity index (χ0v) is 19.9. The fourth-order valence-electron chi connectivity index (χ4n) is 4.61. The van der Waals surface area contributed by atoms with E-state index in [1.54, 1.807) is 0 Å². The highest BCUT2D eigenvalue weighted by atomic mass is 16.7. The summed E-state index contributed by atoms with van der Waals surface area (Å²) in [5.41, 5.74) is 1.26. The van der Waals surface area contributed by atoms with Gasteiger partial charge in [-0.2, -0.15) is 0 Å². The predicted molar refractivity (Wildman–Crippen MR) is 125 cm³/mol. The van der Waals surface area contributed by atoms with Crippen molar-refractivity contribution < 1.29 is 14.2 Å². The van der Waals surface area contributed by atoms with E-state index in [1.165, 1.54) is 5.56 Å². The topological polar surface area (TPSA) is 67.4 Å². The number of nitrogens with zero attached hydrogens (tertiary/aromatic N) is 2. The van der Waals surface area contributed by atoms with Crippen LogP contribution in [0.2, 0.25) is 0 Å². The van der Waals surface area contributed by atoms with Gasteiger partial charge in [0.1, 0.15) is 0 Å². The van der Waals surface area contributed by atoms with E-state index < -0.39 is 0 Å². The van der Waals surface area contributed by atoms with E-state index in [1.807, 2.05) is 13.1 Å². The summed E-state index contributed by atoms with van der Waals surface area (Å²) in [6, 6.07) is 7.46. The predicted octanol–water partition coefficient (Wildman–Crippen LogP) is 3.14. The average Bonchev–Trinajstić information content (AvgIpc) is 3.23. The first-order chi connectivity index (χ1) is 14.9. The highest BCUT2D eigenvalue weighted by molar-refractivity contribution is 5.79. The van der Waals surface area contributed by atoms with Gasteiger partial charge in [-0.1, -0.05) is 6.07 Å². The van der Waals surface area contributed by atoms with Crippen molar-refractivity contribution in [1.29, 1.82) is 0 Å². The summed E-state index contributed by atoms with van der Waals surface area (Å²) in [4.78, 5) is 6.97. The number of hydrogen-bond donors (Lipinski definition) is 2. The van der Waals surface area contributed by atoms with Crippen LogP contribution in [-0.2, 0) is 10.2 Å². The van der Waals surface area contributed by atoms with Gasteiger partial charge in [-0.15, -0.1) is 0 Å². The second kappa shape index (κ2) is 11.0. The number of fused-ring (bicyclic) bond motifs is 1. The number of aliphatic imine (C=N–C) groups is 1. The quantitative estimate of drug-likeness (QED) is 0.355. The molecule has 2 heterocycles. The van der Waals surface area contributed by atoms with Gasteiger partial charge in [0.05, 0.1) is 0 Å². The van der Waals surface area contributed by atoms with Gasteiger partial charge in [-0.05, 0) is 64.7 Å². The fourth-order valence-corrected chi connectivity index (χ4v) is 4.61. The summed E-state index contributed by atoms with van der Waals surface area (Å²) in [7, 11) is 1.83. The van der Waals surface area contributed by atoms with Crippen molar-refractivity contribution in [2.24, 2.45) is 4.99 Å². The first-order valence-corrected chi connectivity index (χ1v) is 11.6. The molecule has 0 unspecified atom stereocenters. The van der Waals surface area contributed by atoms with Crippen LogP contribution in [0, 0.1) is 0 Å². The largest absolute Gasteiger partial charge is 0.454 e. The Morgan fingerprint density at radius 3 is 2.45 bits per heavy atom. The maximum Gasteiger partial charge on any atom is 0.231 e. The van der Waals surface area contributed by atoms with Gasteiger partial charge < -0.3 is 24.8 Å². The van der Waals surface area contributed by atoms with Crippen LogP contribution in [-0.4, -0.2) is 69.6 Å². The van der Waals surface area contributed by atoms with Crippen LogP contribution in [0.15, 0.2) is 23.2 Å². The second-order valence-electron chi connectivity index (χ2n) is 9.09. The molecule has 174 valence electrons. The van der Waals surface area contributed by atoms with Crippen LogP contribution in [0.1, 0.15) is 52.5 Å². The van der Waals surface area contributed by atoms with Crippen molar-refractivity contribution in [3.8, 4) is 11.5 Å². The van der Waals surface area contributed by atoms with Crippen molar-refractivity contribution in [3.63, 3.8) is 0 Å². The molecule has 7 heteroatoms. The summed E-state index contributed by atoms with van der Waals surface area (Å²) in [6.07, 6.45) is 3.01. The minimum Gasteiger partial charge on any atom is -0.454 e. The highest BCUT2D eigenvalue weighted by Crippen LogP contribution is 2.40. The molecule has 1 aromatic carbocycles. The first-order valence-electron chi connectivity index (χ1n) is 11.6. The maximum absolute atomic E-state index is 5.68. The molecule has 7 nitrogen and oxygen atoms in total. The normalized spacial score (nSPS) is 18.1. The molecule has 1 fully saturated rings. The summed E-state index contributed by atoms with van der Waals surface area (Å²) < 4.78 is 16.8. The minimum absolute atomic E-state index is 0.0110. The fraction of sp³-hybridized carbons (Fsp3) is 0.708. The monoisotopic (exact) mass is 432 g/mol. The molecule has 0 saturated carbocycles. The Kier molecular flexibility index (Phi) is 8.43. The lowest BCUT2D eigenvalue weighted by atomic mass is 9.74. The molecule has 0 bridgehead atoms. The number of nitrogens with one attached hydrogen (secondary N) is 2. The molecule has 2 aliphatic heterocycles. The molecule has 2 aliphatic rings. The number of rotatable bonds is 9. The lowest BCUT2D eigenvalue weighted by Gasteiger charge is -2.38. The summed E-state index contributed by atoms with van der Waals surface area (Å²) in [6.45, 7) is 13.7. The molecular formula is C24H40N4O3. The molecule has 0 atom stereocenters. The summed E-state index contributed by atoms with van der Waals surface area (Å²) >= 11 is 0. The molecule has 3 rings (SSSR count). The third-order valence-corrected chi connectivity index (χ3v) is 6.46. The van der Waals surface area contributed by atoms with Crippen LogP contribution >= 0.6 is 0 Å². The number of benzene rings is 1. The zero-order valence-electron chi connectivity index (χ0n) is 19.9. The van der Waals surface area contributed by atoms with Crippen LogP contribution in [0.3, 0.4) is 0 Å². The van der Waals surface area contributed by atoms with Gasteiger partial charge in [-0.3, -0.25) is 9.89 Å². The summed E-state index contributed by atoms with van der Waals surface area (Å²) in [5, 5.41) is 7.07. The van der Waals surface area contributed by atoms with E-state index in [0.29, 0.717) is 18.9 Å². The Morgan fingerprint density at radius 2 is 1.77 bits per heavy atom. The Balaban J connectivity index is 1.57. The molecule has 0 aromatic heterocycles. The maximum atomic E-state index is 5.68. The van der Waals surface area contributed by atoms with E-state index in [9.17, 15) is 0 Å². The van der Waals surface area contributed by atoms with Crippen molar-refractivity contribution >= 4 is 5.96 Å². The molecule has 0 aliphatic carbocycles. The lowest BCUT2D eigenvalue weighted by Crippen LogP contribution is -2.48. The molecule has 0 radical (unpaired) electrons. The van der Waals surface area contributed by atoms with Gasteiger partial charge in [0.25, 0.3) is 0 Å². The number of guanidine groups is 1. The smallest absolute Gasteiger partial charge is 0.231 e. The molecule has 0 amide bonds. The minimum atomic E-state index is -0.0110. The third kappa shape index (κ3) is 6.04. The van der Waals surface area contributed by atoms with Gasteiger partial charge in [0.15, 0.2) is 17.5 Å². The third-order valence-electron chi connectivity index (χ3n) is 6.46. The van der Waals surface area contributed by atoms with Crippen molar-refractivity contribution in [2.45, 2.75) is 64.5 Å². The molecule has 31 heavy (non-hydrogen) atoms. The molecule has 0 spiro atoms. The van der Waals surface area contributed by atoms with Gasteiger partial charge in [-0.25, -0.2) is 0 Å². The molecule has 1 saturated heterocycles. The van der Waals surface area contributed by atoms with Crippen LogP contribution in [0.25, 0.3) is 0 Å². The van der Waals surface area contributed by atoms with E-state index in [0.717, 1.165) is 69.6 Å². The van der Waals surface area contributed by atoms with Crippen LogP contribution in [0.5, 0.6) is 11.5 Å². The van der Waals surface area contributed by atoms with E-state index in [4.69, 9.17) is 14.2 Å². The first kappa shape index (κ1) is 23.7. The standard InChI is InChI=1S/C24H40N4O3/c1-18(2)28(19(3)4)12-6-11-26-23(25-5)27-16-24(9-13-29-14-10-24)20-7-8-21-22(15-20)31-17-30-21/h7-8,15,18-19H,6,9-14,16-17H2,1-5H3,(H2,25,26,27). The van der Waals surface area contributed by atoms with E-state index in [-0.39, 0.29) is 5.41 Å². The number of ether oxygens (including phenoxy) is 3. The lowest BCUT2D eigenvalue weighted by molar-refractivity contribution is 0.0513. The Labute approximate surface area is 187 Å². The van der Waals surface area contributed by atoms with Crippen molar-refractivity contribution in [1.82, 2.24) is 15.5 Å². The molecule has 1 aromatic rings. The summed E-state index contributed by atoms with van der Waals surface area (Å²) in [5.74, 6) is 2.52. The SMILES string of the molecule is CN=C(NCCCN(C(C)C)C(C)C)NCC1(c2ccc3c(c2)OCO3)CCOCC1. The Bertz CT molecular complexity index is 722. The average molecular weight is 433 g/mol. The van der Waals surface area contributed by atoms with E-state index in [2.05, 4.69) is 60.4 Å². The van der Waals surface area contributed by atoms with Crippen molar-refractivity contribution in [2.75, 3.05) is 46.7 Å². The molecule has 2 N–H and O–H groups in total. The Hall–Kier alpha value is -1.99. The highest BCUT2D eigenvalue weighted by Gasteiger charge is 2.35. The van der Waals surface area contributed by atoms with Gasteiger partial charge >= 0.3 is 0 Å². The second-order valence-corrected chi connectivity index (χ2v) is 9.09. The zero-order chi connectivity index (χ0) is 22.3. The molecular weight excluding hydrogens is 392 g/mol.